The van der Waals surface area contributed by atoms with Crippen LogP contribution in [0.2, 0.25) is 0 Å². The number of imidazole rings is 1. The number of rotatable bonds is 1. The molecule has 0 radical (unpaired) electrons. The molecule has 2 aromatic heterocycles. The Bertz CT molecular complexity index is 565. The van der Waals surface area contributed by atoms with Crippen LogP contribution in [-0.4, -0.2) is 37.0 Å². The third kappa shape index (κ3) is 1.52. The smallest absolute Gasteiger partial charge is 0.407 e. The Morgan fingerprint density at radius 1 is 1.53 bits per heavy atom. The second kappa shape index (κ2) is 3.73. The van der Waals surface area contributed by atoms with Crippen LogP contribution in [0.3, 0.4) is 0 Å². The number of likely N-dealkylation sites (tertiary alicyclic amines) is 1. The lowest BCUT2D eigenvalue weighted by Crippen LogP contribution is -2.29. The molecule has 0 bridgehead atoms. The van der Waals surface area contributed by atoms with Crippen LogP contribution in [0.15, 0.2) is 24.9 Å². The van der Waals surface area contributed by atoms with E-state index in [0.717, 1.165) is 24.1 Å². The summed E-state index contributed by atoms with van der Waals surface area (Å²) in [5.74, 6) is 0. The first-order valence-corrected chi connectivity index (χ1v) is 5.53. The van der Waals surface area contributed by atoms with E-state index in [1.165, 1.54) is 4.90 Å². The lowest BCUT2D eigenvalue weighted by molar-refractivity contribution is 0.140. The Hall–Kier alpha value is -2.11. The van der Waals surface area contributed by atoms with E-state index in [2.05, 4.69) is 9.97 Å². The first kappa shape index (κ1) is 10.1. The summed E-state index contributed by atoms with van der Waals surface area (Å²) < 4.78 is 1.86. The molecule has 2 aromatic rings. The zero-order chi connectivity index (χ0) is 11.8. The molecule has 0 saturated carbocycles. The van der Waals surface area contributed by atoms with Gasteiger partial charge in [-0.15, -0.1) is 0 Å². The van der Waals surface area contributed by atoms with Crippen molar-refractivity contribution in [3.63, 3.8) is 0 Å². The lowest BCUT2D eigenvalue weighted by atomic mass is 10.1. The van der Waals surface area contributed by atoms with Gasteiger partial charge in [0.15, 0.2) is 0 Å². The van der Waals surface area contributed by atoms with Gasteiger partial charge in [-0.2, -0.15) is 0 Å². The number of aromatic nitrogens is 3. The number of fused-ring (bicyclic) bond motifs is 1. The molecule has 3 heterocycles. The first-order valence-electron chi connectivity index (χ1n) is 5.53. The fourth-order valence-corrected chi connectivity index (χ4v) is 2.40. The summed E-state index contributed by atoms with van der Waals surface area (Å²) in [7, 11) is 0. The van der Waals surface area contributed by atoms with E-state index in [4.69, 9.17) is 5.11 Å². The van der Waals surface area contributed by atoms with Crippen LogP contribution in [-0.2, 0) is 0 Å². The third-order valence-electron chi connectivity index (χ3n) is 3.19. The molecule has 0 aromatic carbocycles. The van der Waals surface area contributed by atoms with E-state index in [1.54, 1.807) is 18.7 Å². The van der Waals surface area contributed by atoms with Crippen LogP contribution in [0, 0.1) is 0 Å². The number of hydrogen-bond donors (Lipinski definition) is 1. The van der Waals surface area contributed by atoms with Gasteiger partial charge in [0.1, 0.15) is 0 Å². The Labute approximate surface area is 97.5 Å². The summed E-state index contributed by atoms with van der Waals surface area (Å²) in [5, 5.41) is 9.13. The number of carboxylic acid groups (broad SMARTS) is 1. The minimum absolute atomic E-state index is 0.137. The van der Waals surface area contributed by atoms with Gasteiger partial charge >= 0.3 is 6.09 Å². The molecular formula is C11H12N4O2. The molecule has 3 rings (SSSR count). The van der Waals surface area contributed by atoms with Crippen LogP contribution in [0.25, 0.3) is 5.52 Å². The Kier molecular flexibility index (Phi) is 2.21. The monoisotopic (exact) mass is 232 g/mol. The minimum Gasteiger partial charge on any atom is -0.465 e. The molecule has 1 fully saturated rings. The normalized spacial score (nSPS) is 20.0. The molecule has 1 unspecified atom stereocenters. The van der Waals surface area contributed by atoms with Crippen LogP contribution in [0.1, 0.15) is 24.6 Å². The Balaban J connectivity index is 2.06. The van der Waals surface area contributed by atoms with Crippen molar-refractivity contribution in [1.82, 2.24) is 19.3 Å². The van der Waals surface area contributed by atoms with E-state index >= 15 is 0 Å². The predicted molar refractivity (Wildman–Crippen MR) is 59.7 cm³/mol. The molecule has 1 aliphatic rings. The molecule has 6 nitrogen and oxygen atoms in total. The summed E-state index contributed by atoms with van der Waals surface area (Å²) in [4.78, 5) is 21.0. The second-order valence-corrected chi connectivity index (χ2v) is 4.13. The summed E-state index contributed by atoms with van der Waals surface area (Å²) >= 11 is 0. The number of carbonyl (C=O) groups is 1. The third-order valence-corrected chi connectivity index (χ3v) is 3.19. The molecule has 6 heteroatoms. The molecule has 1 atom stereocenters. The van der Waals surface area contributed by atoms with E-state index in [-0.39, 0.29) is 6.04 Å². The maximum Gasteiger partial charge on any atom is 0.407 e. The molecule has 88 valence electrons. The van der Waals surface area contributed by atoms with E-state index in [0.29, 0.717) is 6.54 Å². The van der Waals surface area contributed by atoms with Gasteiger partial charge in [0.2, 0.25) is 0 Å². The number of amides is 1. The van der Waals surface area contributed by atoms with Crippen molar-refractivity contribution >= 4 is 11.6 Å². The van der Waals surface area contributed by atoms with E-state index < -0.39 is 6.09 Å². The van der Waals surface area contributed by atoms with Crippen molar-refractivity contribution in [2.75, 3.05) is 6.54 Å². The molecule has 1 saturated heterocycles. The Morgan fingerprint density at radius 3 is 3.24 bits per heavy atom. The molecule has 1 amide bonds. The highest BCUT2D eigenvalue weighted by molar-refractivity contribution is 5.67. The van der Waals surface area contributed by atoms with Gasteiger partial charge in [0.25, 0.3) is 0 Å². The highest BCUT2D eigenvalue weighted by Gasteiger charge is 2.32. The van der Waals surface area contributed by atoms with Crippen molar-refractivity contribution in [3.8, 4) is 0 Å². The van der Waals surface area contributed by atoms with E-state index in [9.17, 15) is 4.79 Å². The van der Waals surface area contributed by atoms with Crippen LogP contribution in [0.4, 0.5) is 4.79 Å². The van der Waals surface area contributed by atoms with Gasteiger partial charge in [-0.1, -0.05) is 0 Å². The van der Waals surface area contributed by atoms with Crippen molar-refractivity contribution < 1.29 is 9.90 Å². The van der Waals surface area contributed by atoms with Gasteiger partial charge < -0.3 is 9.51 Å². The van der Waals surface area contributed by atoms with Crippen molar-refractivity contribution in [1.29, 1.82) is 0 Å². The summed E-state index contributed by atoms with van der Waals surface area (Å²) in [6, 6.07) is -0.137. The van der Waals surface area contributed by atoms with Gasteiger partial charge in [0.05, 0.1) is 29.8 Å². The molecule has 0 aliphatic carbocycles. The molecule has 17 heavy (non-hydrogen) atoms. The minimum atomic E-state index is -0.877. The quantitative estimate of drug-likeness (QED) is 0.809. The topological polar surface area (TPSA) is 70.7 Å². The average molecular weight is 232 g/mol. The zero-order valence-corrected chi connectivity index (χ0v) is 9.15. The molecular weight excluding hydrogens is 220 g/mol. The molecule has 1 aliphatic heterocycles. The maximum atomic E-state index is 11.1. The van der Waals surface area contributed by atoms with Crippen LogP contribution >= 0.6 is 0 Å². The maximum absolute atomic E-state index is 11.1. The zero-order valence-electron chi connectivity index (χ0n) is 9.15. The number of nitrogens with zero attached hydrogens (tertiary/aromatic N) is 4. The van der Waals surface area contributed by atoms with Crippen molar-refractivity contribution in [3.05, 3.63) is 30.6 Å². The largest absolute Gasteiger partial charge is 0.465 e. The summed E-state index contributed by atoms with van der Waals surface area (Å²) in [6.45, 7) is 0.583. The standard InChI is InChI=1S/C11H12N4O2/c16-11(17)15-4-1-2-8(15)10-9-6-12-3-5-14(9)7-13-10/h3,5-8H,1-2,4H2,(H,16,17). The Morgan fingerprint density at radius 2 is 2.41 bits per heavy atom. The van der Waals surface area contributed by atoms with Crippen molar-refractivity contribution in [2.45, 2.75) is 18.9 Å². The highest BCUT2D eigenvalue weighted by atomic mass is 16.4. The number of hydrogen-bond acceptors (Lipinski definition) is 3. The lowest BCUT2D eigenvalue weighted by Gasteiger charge is -2.19. The van der Waals surface area contributed by atoms with E-state index in [1.807, 2.05) is 10.6 Å². The van der Waals surface area contributed by atoms with Gasteiger partial charge in [0, 0.05) is 18.9 Å². The van der Waals surface area contributed by atoms with Crippen molar-refractivity contribution in [2.24, 2.45) is 0 Å². The fraction of sp³-hybridized carbons (Fsp3) is 0.364. The van der Waals surface area contributed by atoms with Gasteiger partial charge in [-0.05, 0) is 12.8 Å². The highest BCUT2D eigenvalue weighted by Crippen LogP contribution is 2.32. The molecule has 0 spiro atoms. The molecule has 1 N–H and O–H groups in total. The predicted octanol–water partition coefficient (Wildman–Crippen LogP) is 1.54. The van der Waals surface area contributed by atoms with Gasteiger partial charge in [-0.3, -0.25) is 9.88 Å². The average Bonchev–Trinajstić information content (AvgIpc) is 2.94. The fourth-order valence-electron chi connectivity index (χ4n) is 2.40. The second-order valence-electron chi connectivity index (χ2n) is 4.13. The summed E-state index contributed by atoms with van der Waals surface area (Å²) in [5.41, 5.74) is 1.68. The first-order chi connectivity index (χ1) is 8.27. The summed E-state index contributed by atoms with van der Waals surface area (Å²) in [6.07, 6.45) is 7.75. The van der Waals surface area contributed by atoms with Crippen LogP contribution in [0.5, 0.6) is 0 Å². The van der Waals surface area contributed by atoms with Gasteiger partial charge in [-0.25, -0.2) is 9.78 Å². The SMILES string of the molecule is O=C(O)N1CCCC1c1ncn2ccncc12. The van der Waals surface area contributed by atoms with Crippen LogP contribution < -0.4 is 0 Å².